The Bertz CT molecular complexity index is 723. The molecule has 8 heteroatoms. The van der Waals surface area contributed by atoms with Crippen LogP contribution in [0.15, 0.2) is 33.6 Å². The summed E-state index contributed by atoms with van der Waals surface area (Å²) < 4.78 is 0.957. The minimum absolute atomic E-state index is 0.0589. The molecule has 0 atom stereocenters. The van der Waals surface area contributed by atoms with Crippen molar-refractivity contribution < 1.29 is 9.59 Å². The lowest BCUT2D eigenvalue weighted by Crippen LogP contribution is -2.49. The number of rotatable bonds is 3. The number of hydrogen-bond donors (Lipinski definition) is 1. The number of halogens is 1. The van der Waals surface area contributed by atoms with Crippen molar-refractivity contribution >= 4 is 44.9 Å². The van der Waals surface area contributed by atoms with Crippen molar-refractivity contribution in [2.75, 3.05) is 31.1 Å². The van der Waals surface area contributed by atoms with Crippen molar-refractivity contribution in [3.8, 4) is 0 Å². The van der Waals surface area contributed by atoms with Gasteiger partial charge in [0.05, 0.1) is 14.9 Å². The molecule has 2 aromatic heterocycles. The van der Waals surface area contributed by atoms with E-state index in [1.807, 2.05) is 16.3 Å². The molecule has 120 valence electrons. The lowest BCUT2D eigenvalue weighted by molar-refractivity contribution is 0.0746. The van der Waals surface area contributed by atoms with Crippen molar-refractivity contribution in [2.24, 2.45) is 5.73 Å². The number of piperazine rings is 1. The highest BCUT2D eigenvalue weighted by Crippen LogP contribution is 2.22. The van der Waals surface area contributed by atoms with Crippen molar-refractivity contribution in [2.45, 2.75) is 0 Å². The fourth-order valence-corrected chi connectivity index (χ4v) is 3.59. The maximum atomic E-state index is 12.4. The number of pyridine rings is 1. The zero-order valence-corrected chi connectivity index (χ0v) is 14.6. The van der Waals surface area contributed by atoms with Crippen LogP contribution >= 0.6 is 27.3 Å². The van der Waals surface area contributed by atoms with Crippen molar-refractivity contribution in [1.29, 1.82) is 0 Å². The third-order valence-electron chi connectivity index (χ3n) is 3.74. The van der Waals surface area contributed by atoms with Gasteiger partial charge in [-0.1, -0.05) is 0 Å². The van der Waals surface area contributed by atoms with E-state index >= 15 is 0 Å². The number of thiophene rings is 1. The first-order valence-corrected chi connectivity index (χ1v) is 8.76. The third kappa shape index (κ3) is 3.53. The second-order valence-electron chi connectivity index (χ2n) is 5.19. The number of amides is 2. The first kappa shape index (κ1) is 15.9. The summed E-state index contributed by atoms with van der Waals surface area (Å²) in [5.41, 5.74) is 6.33. The van der Waals surface area contributed by atoms with Crippen molar-refractivity contribution in [3.63, 3.8) is 0 Å². The van der Waals surface area contributed by atoms with E-state index < -0.39 is 5.91 Å². The Morgan fingerprint density at radius 2 is 1.91 bits per heavy atom. The minimum atomic E-state index is -0.485. The molecule has 6 nitrogen and oxygen atoms in total. The molecular weight excluding hydrogens is 380 g/mol. The van der Waals surface area contributed by atoms with Gasteiger partial charge in [-0.05, 0) is 34.1 Å². The Morgan fingerprint density at radius 1 is 1.17 bits per heavy atom. The first-order chi connectivity index (χ1) is 11.0. The zero-order valence-electron chi connectivity index (χ0n) is 12.2. The molecule has 0 aromatic carbocycles. The molecule has 2 aromatic rings. The van der Waals surface area contributed by atoms with Crippen LogP contribution in [0, 0.1) is 0 Å². The van der Waals surface area contributed by atoms with Gasteiger partial charge in [-0.2, -0.15) is 0 Å². The topological polar surface area (TPSA) is 79.5 Å². The van der Waals surface area contributed by atoms with E-state index in [-0.39, 0.29) is 5.91 Å². The number of nitrogens with two attached hydrogens (primary N) is 1. The van der Waals surface area contributed by atoms with Crippen LogP contribution < -0.4 is 10.6 Å². The molecule has 23 heavy (non-hydrogen) atoms. The standard InChI is InChI=1S/C15H15BrN4O2S/c16-12-7-11(9-23-12)15(22)20-5-3-19(4-6-20)13-2-1-10(8-18-13)14(17)21/h1-2,7-9H,3-6H2,(H2,17,21). The highest BCUT2D eigenvalue weighted by molar-refractivity contribution is 9.11. The van der Waals surface area contributed by atoms with Gasteiger partial charge in [0.2, 0.25) is 5.91 Å². The smallest absolute Gasteiger partial charge is 0.254 e. The van der Waals surface area contributed by atoms with Crippen molar-refractivity contribution in [3.05, 3.63) is 44.7 Å². The molecule has 0 unspecified atom stereocenters. The maximum absolute atomic E-state index is 12.4. The molecule has 1 aliphatic rings. The summed E-state index contributed by atoms with van der Waals surface area (Å²) in [5.74, 6) is 0.366. The Hall–Kier alpha value is -1.93. The summed E-state index contributed by atoms with van der Waals surface area (Å²) in [6.45, 7) is 2.71. The van der Waals surface area contributed by atoms with Gasteiger partial charge in [0, 0.05) is 37.8 Å². The molecule has 0 aliphatic carbocycles. The van der Waals surface area contributed by atoms with E-state index in [2.05, 4.69) is 25.8 Å². The molecule has 1 aliphatic heterocycles. The largest absolute Gasteiger partial charge is 0.366 e. The van der Waals surface area contributed by atoms with Crippen LogP contribution in [0.1, 0.15) is 20.7 Å². The maximum Gasteiger partial charge on any atom is 0.254 e. The number of carbonyl (C=O) groups is 2. The van der Waals surface area contributed by atoms with Gasteiger partial charge in [0.25, 0.3) is 5.91 Å². The number of nitrogens with zero attached hydrogens (tertiary/aromatic N) is 3. The molecule has 3 rings (SSSR count). The second kappa shape index (κ2) is 6.67. The van der Waals surface area contributed by atoms with Gasteiger partial charge in [-0.25, -0.2) is 4.98 Å². The predicted molar refractivity (Wildman–Crippen MR) is 92.9 cm³/mol. The predicted octanol–water partition coefficient (Wildman–Crippen LogP) is 1.97. The summed E-state index contributed by atoms with van der Waals surface area (Å²) >= 11 is 4.89. The van der Waals surface area contributed by atoms with E-state index in [9.17, 15) is 9.59 Å². The van der Waals surface area contributed by atoms with Crippen LogP contribution in [-0.4, -0.2) is 47.9 Å². The van der Waals surface area contributed by atoms with Crippen LogP contribution in [0.2, 0.25) is 0 Å². The van der Waals surface area contributed by atoms with Gasteiger partial charge >= 0.3 is 0 Å². The highest BCUT2D eigenvalue weighted by atomic mass is 79.9. The Kier molecular flexibility index (Phi) is 4.63. The van der Waals surface area contributed by atoms with Crippen LogP contribution in [0.5, 0.6) is 0 Å². The molecule has 2 amide bonds. The van der Waals surface area contributed by atoms with Gasteiger partial charge < -0.3 is 15.5 Å². The molecule has 1 saturated heterocycles. The van der Waals surface area contributed by atoms with Gasteiger partial charge in [-0.15, -0.1) is 11.3 Å². The summed E-state index contributed by atoms with van der Waals surface area (Å²) in [5, 5.41) is 1.86. The van der Waals surface area contributed by atoms with Crippen LogP contribution in [0.3, 0.4) is 0 Å². The number of primary amides is 1. The second-order valence-corrected chi connectivity index (χ2v) is 7.48. The fraction of sp³-hybridized carbons (Fsp3) is 0.267. The molecule has 0 saturated carbocycles. The summed E-state index contributed by atoms with van der Waals surface area (Å²) in [4.78, 5) is 31.7. The van der Waals surface area contributed by atoms with E-state index in [1.54, 1.807) is 12.1 Å². The SMILES string of the molecule is NC(=O)c1ccc(N2CCN(C(=O)c3csc(Br)c3)CC2)nc1. The molecule has 1 fully saturated rings. The molecular formula is C15H15BrN4O2S. The number of carbonyl (C=O) groups excluding carboxylic acids is 2. The minimum Gasteiger partial charge on any atom is -0.366 e. The molecule has 0 bridgehead atoms. The average molecular weight is 395 g/mol. The zero-order chi connectivity index (χ0) is 16.4. The Balaban J connectivity index is 1.61. The molecule has 0 spiro atoms. The van der Waals surface area contributed by atoms with E-state index in [0.29, 0.717) is 31.7 Å². The highest BCUT2D eigenvalue weighted by Gasteiger charge is 2.23. The molecule has 3 heterocycles. The van der Waals surface area contributed by atoms with Crippen LogP contribution in [0.25, 0.3) is 0 Å². The molecule has 2 N–H and O–H groups in total. The average Bonchev–Trinajstić information content (AvgIpc) is 3.01. The quantitative estimate of drug-likeness (QED) is 0.862. The Labute approximate surface area is 146 Å². The molecule has 0 radical (unpaired) electrons. The Morgan fingerprint density at radius 3 is 2.43 bits per heavy atom. The van der Waals surface area contributed by atoms with Gasteiger partial charge in [-0.3, -0.25) is 9.59 Å². The normalized spacial score (nSPS) is 14.8. The number of anilines is 1. The lowest BCUT2D eigenvalue weighted by atomic mass is 10.2. The van der Waals surface area contributed by atoms with E-state index in [0.717, 1.165) is 15.2 Å². The van der Waals surface area contributed by atoms with Gasteiger partial charge in [0.15, 0.2) is 0 Å². The van der Waals surface area contributed by atoms with E-state index in [4.69, 9.17) is 5.73 Å². The summed E-state index contributed by atoms with van der Waals surface area (Å²) in [6, 6.07) is 5.31. The summed E-state index contributed by atoms with van der Waals surface area (Å²) in [7, 11) is 0. The van der Waals surface area contributed by atoms with Crippen LogP contribution in [-0.2, 0) is 0 Å². The fourth-order valence-electron chi connectivity index (χ4n) is 2.46. The lowest BCUT2D eigenvalue weighted by Gasteiger charge is -2.35. The van der Waals surface area contributed by atoms with Crippen molar-refractivity contribution in [1.82, 2.24) is 9.88 Å². The van der Waals surface area contributed by atoms with E-state index in [1.165, 1.54) is 17.5 Å². The summed E-state index contributed by atoms with van der Waals surface area (Å²) in [6.07, 6.45) is 1.48. The number of hydrogen-bond acceptors (Lipinski definition) is 5. The monoisotopic (exact) mass is 394 g/mol. The number of aromatic nitrogens is 1. The van der Waals surface area contributed by atoms with Crippen LogP contribution in [0.4, 0.5) is 5.82 Å². The third-order valence-corrected chi connectivity index (χ3v) is 5.24. The first-order valence-electron chi connectivity index (χ1n) is 7.09. The van der Waals surface area contributed by atoms with Gasteiger partial charge in [0.1, 0.15) is 5.82 Å².